The number of hydrogen-bond donors (Lipinski definition) is 2. The summed E-state index contributed by atoms with van der Waals surface area (Å²) in [6.07, 6.45) is 2.56. The Hall–Kier alpha value is -2.76. The second-order valence-electron chi connectivity index (χ2n) is 8.98. The van der Waals surface area contributed by atoms with Gasteiger partial charge in [0.15, 0.2) is 0 Å². The molecule has 0 spiro atoms. The molecule has 16 heteroatoms. The summed E-state index contributed by atoms with van der Waals surface area (Å²) in [6.45, 7) is 4.75. The Balaban J connectivity index is 0.00000368. The molecule has 0 atom stereocenters. The minimum absolute atomic E-state index is 0. The van der Waals surface area contributed by atoms with Gasteiger partial charge in [-0.3, -0.25) is 9.11 Å². The largest absolute Gasteiger partial charge is 0.494 e. The molecule has 2 radical (unpaired) electrons. The Morgan fingerprint density at radius 3 is 1.15 bits per heavy atom. The molecule has 0 aliphatic heterocycles. The van der Waals surface area contributed by atoms with Crippen LogP contribution < -0.4 is 9.47 Å². The van der Waals surface area contributed by atoms with Crippen molar-refractivity contribution < 1.29 is 35.4 Å². The fraction of sp³-hybridized carbons (Fsp3) is 0.133. The van der Waals surface area contributed by atoms with Crippen LogP contribution in [0.3, 0.4) is 0 Å². The molecular formula is C30H28N4Na2O8S2. The van der Waals surface area contributed by atoms with Crippen molar-refractivity contribution in [3.63, 3.8) is 0 Å². The summed E-state index contributed by atoms with van der Waals surface area (Å²) in [5, 5.41) is 16.2. The van der Waals surface area contributed by atoms with Crippen molar-refractivity contribution in [1.29, 1.82) is 0 Å². The van der Waals surface area contributed by atoms with E-state index in [-0.39, 0.29) is 81.6 Å². The van der Waals surface area contributed by atoms with Crippen LogP contribution in [0.2, 0.25) is 0 Å². The van der Waals surface area contributed by atoms with Gasteiger partial charge in [-0.15, -0.1) is 0 Å². The first-order chi connectivity index (χ1) is 21.0. The maximum Gasteiger partial charge on any atom is 0.295 e. The van der Waals surface area contributed by atoms with Crippen LogP contribution in [-0.4, -0.2) is 98.3 Å². The third-order valence-electron chi connectivity index (χ3n) is 5.85. The number of nitrogens with zero attached hydrogens (tertiary/aromatic N) is 4. The maximum absolute atomic E-state index is 12.2. The molecule has 0 heterocycles. The van der Waals surface area contributed by atoms with E-state index in [1.807, 2.05) is 13.8 Å². The SMILES string of the molecule is CCOc1ccc(N=Nc2ccc(C=Cc3ccc(N=Nc4ccc(OCC)cc4)cc3S(=O)(=O)O)c(S(=O)(=O)O)c2)cc1.[Na].[Na]. The molecule has 0 bridgehead atoms. The quantitative estimate of drug-likeness (QED) is 0.0681. The van der Waals surface area contributed by atoms with Gasteiger partial charge in [0, 0.05) is 59.1 Å². The van der Waals surface area contributed by atoms with E-state index in [9.17, 15) is 25.9 Å². The predicted octanol–water partition coefficient (Wildman–Crippen LogP) is 7.22. The zero-order chi connectivity index (χ0) is 31.7. The van der Waals surface area contributed by atoms with Crippen LogP contribution in [-0.2, 0) is 20.2 Å². The van der Waals surface area contributed by atoms with Gasteiger partial charge in [-0.2, -0.15) is 37.3 Å². The van der Waals surface area contributed by atoms with E-state index in [1.54, 1.807) is 48.5 Å². The number of rotatable bonds is 12. The molecule has 4 aromatic carbocycles. The van der Waals surface area contributed by atoms with Crippen molar-refractivity contribution in [3.05, 3.63) is 96.1 Å². The molecule has 4 aromatic rings. The summed E-state index contributed by atoms with van der Waals surface area (Å²) in [5.41, 5.74) is 1.34. The van der Waals surface area contributed by atoms with Gasteiger partial charge in [0.2, 0.25) is 0 Å². The van der Waals surface area contributed by atoms with E-state index in [0.717, 1.165) is 12.1 Å². The van der Waals surface area contributed by atoms with Gasteiger partial charge in [0.25, 0.3) is 20.2 Å². The Labute approximate surface area is 311 Å². The Morgan fingerprint density at radius 2 is 0.848 bits per heavy atom. The molecule has 0 fully saturated rings. The minimum atomic E-state index is -4.71. The van der Waals surface area contributed by atoms with Crippen molar-refractivity contribution >= 4 is 114 Å². The summed E-state index contributed by atoms with van der Waals surface area (Å²) in [7, 11) is -9.43. The molecule has 0 aliphatic rings. The standard InChI is InChI=1S/C30H28N4O8S2.2Na/c1-3-41-27-15-11-23(12-16-27)31-33-25-9-7-21(29(19-25)43(35,36)37)5-6-22-8-10-26(20-30(22)44(38,39)40)34-32-24-13-17-28(18-14-24)42-4-2;;/h5-20H,3-4H2,1-2H3,(H,35,36,37)(H,38,39,40);;. The molecule has 2 N–H and O–H groups in total. The smallest absolute Gasteiger partial charge is 0.295 e. The van der Waals surface area contributed by atoms with Crippen molar-refractivity contribution in [3.8, 4) is 11.5 Å². The molecule has 12 nitrogen and oxygen atoms in total. The molecule has 4 rings (SSSR count). The van der Waals surface area contributed by atoms with Crippen LogP contribution >= 0.6 is 0 Å². The molecule has 0 saturated heterocycles. The monoisotopic (exact) mass is 682 g/mol. The van der Waals surface area contributed by atoms with E-state index >= 15 is 0 Å². The zero-order valence-corrected chi connectivity index (χ0v) is 31.2. The van der Waals surface area contributed by atoms with Crippen LogP contribution in [0, 0.1) is 0 Å². The Morgan fingerprint density at radius 1 is 0.543 bits per heavy atom. The topological polar surface area (TPSA) is 177 Å². The summed E-state index contributed by atoms with van der Waals surface area (Å²) < 4.78 is 79.2. The van der Waals surface area contributed by atoms with E-state index < -0.39 is 30.0 Å². The number of benzene rings is 4. The Kier molecular flexibility index (Phi) is 15.4. The molecular weight excluding hydrogens is 654 g/mol. The van der Waals surface area contributed by atoms with Crippen LogP contribution in [0.25, 0.3) is 12.2 Å². The number of azo groups is 2. The molecule has 0 saturated carbocycles. The molecule has 230 valence electrons. The fourth-order valence-electron chi connectivity index (χ4n) is 3.85. The van der Waals surface area contributed by atoms with Gasteiger partial charge in [-0.1, -0.05) is 24.3 Å². The van der Waals surface area contributed by atoms with Gasteiger partial charge >= 0.3 is 0 Å². The second-order valence-corrected chi connectivity index (χ2v) is 11.8. The molecule has 0 amide bonds. The maximum atomic E-state index is 12.2. The second kappa shape index (κ2) is 18.0. The van der Waals surface area contributed by atoms with Crippen molar-refractivity contribution in [1.82, 2.24) is 0 Å². The van der Waals surface area contributed by atoms with Crippen LogP contribution in [0.4, 0.5) is 22.7 Å². The average Bonchev–Trinajstić information content (AvgIpc) is 2.99. The molecule has 0 aromatic heterocycles. The normalized spacial score (nSPS) is 11.8. The molecule has 46 heavy (non-hydrogen) atoms. The first-order valence-electron chi connectivity index (χ1n) is 13.2. The van der Waals surface area contributed by atoms with Crippen LogP contribution in [0.15, 0.2) is 115 Å². The fourth-order valence-corrected chi connectivity index (χ4v) is 5.26. The zero-order valence-electron chi connectivity index (χ0n) is 25.6. The first-order valence-corrected chi connectivity index (χ1v) is 16.0. The van der Waals surface area contributed by atoms with Crippen LogP contribution in [0.1, 0.15) is 25.0 Å². The van der Waals surface area contributed by atoms with E-state index in [2.05, 4.69) is 20.5 Å². The summed E-state index contributed by atoms with van der Waals surface area (Å²) >= 11 is 0. The van der Waals surface area contributed by atoms with E-state index in [4.69, 9.17) is 9.47 Å². The summed E-state index contributed by atoms with van der Waals surface area (Å²) in [4.78, 5) is -0.961. The van der Waals surface area contributed by atoms with Gasteiger partial charge < -0.3 is 9.47 Å². The van der Waals surface area contributed by atoms with Crippen molar-refractivity contribution in [2.75, 3.05) is 13.2 Å². The Bertz CT molecular complexity index is 1790. The van der Waals surface area contributed by atoms with Crippen LogP contribution in [0.5, 0.6) is 11.5 Å². The first kappa shape index (κ1) is 39.4. The van der Waals surface area contributed by atoms with Crippen molar-refractivity contribution in [2.45, 2.75) is 23.6 Å². The molecule has 0 aliphatic carbocycles. The molecule has 0 unspecified atom stereocenters. The summed E-state index contributed by atoms with van der Waals surface area (Å²) in [5.74, 6) is 1.33. The third kappa shape index (κ3) is 11.5. The number of hydrogen-bond acceptors (Lipinski definition) is 10. The van der Waals surface area contributed by atoms with Gasteiger partial charge in [-0.05, 0) is 97.8 Å². The average molecular weight is 683 g/mol. The van der Waals surface area contributed by atoms with E-state index in [1.165, 1.54) is 36.4 Å². The number of ether oxygens (including phenoxy) is 2. The predicted molar refractivity (Wildman–Crippen MR) is 177 cm³/mol. The summed E-state index contributed by atoms with van der Waals surface area (Å²) in [6, 6.07) is 21.5. The third-order valence-corrected chi connectivity index (χ3v) is 7.67. The van der Waals surface area contributed by atoms with E-state index in [0.29, 0.717) is 36.1 Å². The van der Waals surface area contributed by atoms with Crippen molar-refractivity contribution in [2.24, 2.45) is 20.5 Å². The minimum Gasteiger partial charge on any atom is -0.494 e. The van der Waals surface area contributed by atoms with Gasteiger partial charge in [0.05, 0.1) is 36.0 Å². The van der Waals surface area contributed by atoms with Gasteiger partial charge in [-0.25, -0.2) is 0 Å². The van der Waals surface area contributed by atoms with Gasteiger partial charge in [0.1, 0.15) is 21.3 Å².